The second-order valence-corrected chi connectivity index (χ2v) is 8.02. The zero-order chi connectivity index (χ0) is 12.8. The minimum absolute atomic E-state index is 0. The van der Waals surface area contributed by atoms with Gasteiger partial charge in [-0.25, -0.2) is 0 Å². The Morgan fingerprint density at radius 2 is 1.95 bits per heavy atom. The highest BCUT2D eigenvalue weighted by Crippen LogP contribution is 2.58. The van der Waals surface area contributed by atoms with Gasteiger partial charge in [-0.05, 0) is 89.6 Å². The number of hydrogen-bond acceptors (Lipinski definition) is 1. The lowest BCUT2D eigenvalue weighted by Crippen LogP contribution is -2.38. The van der Waals surface area contributed by atoms with E-state index in [9.17, 15) is 0 Å². The summed E-state index contributed by atoms with van der Waals surface area (Å²) in [5.41, 5.74) is 1.44. The fourth-order valence-corrected chi connectivity index (χ4v) is 5.81. The third kappa shape index (κ3) is 2.64. The number of benzene rings is 1. The molecule has 1 aromatic carbocycles. The van der Waals surface area contributed by atoms with Crippen LogP contribution in [0.25, 0.3) is 0 Å². The Hall–Kier alpha value is 0.200. The van der Waals surface area contributed by atoms with Gasteiger partial charge in [-0.3, -0.25) is 0 Å². The Balaban J connectivity index is 0.00000121. The third-order valence-electron chi connectivity index (χ3n) is 5.89. The van der Waals surface area contributed by atoms with Crippen molar-refractivity contribution in [2.24, 2.45) is 23.7 Å². The summed E-state index contributed by atoms with van der Waals surface area (Å²) in [4.78, 5) is 0. The van der Waals surface area contributed by atoms with E-state index in [1.165, 1.54) is 41.2 Å². The molecule has 0 heterocycles. The fraction of sp³-hybridized carbons (Fsp3) is 0.647. The Kier molecular flexibility index (Phi) is 4.63. The van der Waals surface area contributed by atoms with Crippen LogP contribution >= 0.6 is 35.0 Å². The van der Waals surface area contributed by atoms with E-state index in [2.05, 4.69) is 52.2 Å². The van der Waals surface area contributed by atoms with Crippen LogP contribution in [0.2, 0.25) is 0 Å². The quantitative estimate of drug-likeness (QED) is 0.726. The summed E-state index contributed by atoms with van der Waals surface area (Å²) in [5, 5.41) is 3.87. The molecular weight excluding hydrogens is 381 g/mol. The topological polar surface area (TPSA) is 12.0 Å². The van der Waals surface area contributed by atoms with Gasteiger partial charge in [-0.15, -0.1) is 12.4 Å². The molecule has 3 aliphatic carbocycles. The zero-order valence-corrected chi connectivity index (χ0v) is 14.7. The van der Waals surface area contributed by atoms with Crippen LogP contribution in [0.5, 0.6) is 0 Å². The van der Waals surface area contributed by atoms with Gasteiger partial charge in [0.1, 0.15) is 0 Å². The van der Waals surface area contributed by atoms with Gasteiger partial charge < -0.3 is 5.32 Å². The number of fused-ring (bicyclic) bond motifs is 5. The molecule has 2 bridgehead atoms. The van der Waals surface area contributed by atoms with Gasteiger partial charge in [0.05, 0.1) is 0 Å². The first-order valence-corrected chi connectivity index (χ1v) is 8.87. The minimum atomic E-state index is 0. The first kappa shape index (κ1) is 15.1. The molecule has 0 saturated heterocycles. The molecule has 1 aromatic rings. The minimum Gasteiger partial charge on any atom is -0.310 e. The van der Waals surface area contributed by atoms with Crippen molar-refractivity contribution in [3.8, 4) is 0 Å². The molecule has 3 heteroatoms. The lowest BCUT2D eigenvalue weighted by Gasteiger charge is -2.32. The molecule has 3 fully saturated rings. The van der Waals surface area contributed by atoms with Gasteiger partial charge in [0.15, 0.2) is 0 Å². The molecule has 1 nitrogen and oxygen atoms in total. The highest BCUT2D eigenvalue weighted by atomic mass is 127. The molecule has 0 amide bonds. The van der Waals surface area contributed by atoms with E-state index < -0.39 is 0 Å². The normalized spacial score (nSPS) is 37.8. The standard InChI is InChI=1S/C17H22IN.ClH/c18-13-4-1-3-11(7-13)10-19-17-9-12-8-16(17)15-6-2-5-14(12)15;/h1,3-4,7,12,14-17,19H,2,5-6,8-10H2;1H. The first-order chi connectivity index (χ1) is 9.31. The van der Waals surface area contributed by atoms with E-state index in [0.717, 1.165) is 36.3 Å². The van der Waals surface area contributed by atoms with Crippen molar-refractivity contribution < 1.29 is 0 Å². The number of nitrogens with one attached hydrogen (secondary N) is 1. The van der Waals surface area contributed by atoms with E-state index in [-0.39, 0.29) is 12.4 Å². The molecule has 5 atom stereocenters. The van der Waals surface area contributed by atoms with Gasteiger partial charge >= 0.3 is 0 Å². The second-order valence-electron chi connectivity index (χ2n) is 6.77. The van der Waals surface area contributed by atoms with Crippen molar-refractivity contribution in [2.45, 2.75) is 44.7 Å². The molecule has 0 radical (unpaired) electrons. The van der Waals surface area contributed by atoms with Gasteiger partial charge in [-0.1, -0.05) is 18.6 Å². The van der Waals surface area contributed by atoms with E-state index in [1.54, 1.807) is 0 Å². The number of rotatable bonds is 3. The van der Waals surface area contributed by atoms with Gasteiger partial charge in [0.2, 0.25) is 0 Å². The smallest absolute Gasteiger partial charge is 0.0208 e. The first-order valence-electron chi connectivity index (χ1n) is 7.79. The lowest BCUT2D eigenvalue weighted by atomic mass is 9.79. The Bertz CT molecular complexity index is 478. The Morgan fingerprint density at radius 3 is 2.80 bits per heavy atom. The van der Waals surface area contributed by atoms with Crippen molar-refractivity contribution in [1.82, 2.24) is 5.32 Å². The maximum Gasteiger partial charge on any atom is 0.0208 e. The van der Waals surface area contributed by atoms with Crippen LogP contribution in [0.4, 0.5) is 0 Å². The predicted octanol–water partition coefficient (Wildman–Crippen LogP) is 4.63. The van der Waals surface area contributed by atoms with E-state index >= 15 is 0 Å². The maximum absolute atomic E-state index is 3.87. The SMILES string of the molecule is Cl.Ic1cccc(CNC2CC3CC2C2CCCC32)c1. The average molecular weight is 404 g/mol. The summed E-state index contributed by atoms with van der Waals surface area (Å²) < 4.78 is 1.35. The van der Waals surface area contributed by atoms with Crippen molar-refractivity contribution in [2.75, 3.05) is 0 Å². The second kappa shape index (κ2) is 6.13. The third-order valence-corrected chi connectivity index (χ3v) is 6.56. The summed E-state index contributed by atoms with van der Waals surface area (Å²) in [6.45, 7) is 1.06. The average Bonchev–Trinajstić information content (AvgIpc) is 3.08. The van der Waals surface area contributed by atoms with Crippen LogP contribution in [0.3, 0.4) is 0 Å². The molecule has 4 rings (SSSR count). The van der Waals surface area contributed by atoms with Gasteiger partial charge in [-0.2, -0.15) is 0 Å². The molecule has 0 aromatic heterocycles. The summed E-state index contributed by atoms with van der Waals surface area (Å²) in [6.07, 6.45) is 7.55. The molecule has 20 heavy (non-hydrogen) atoms. The Labute approximate surface area is 141 Å². The maximum atomic E-state index is 3.87. The molecule has 0 aliphatic heterocycles. The van der Waals surface area contributed by atoms with E-state index in [4.69, 9.17) is 0 Å². The van der Waals surface area contributed by atoms with Crippen molar-refractivity contribution in [3.05, 3.63) is 33.4 Å². The van der Waals surface area contributed by atoms with Crippen molar-refractivity contribution >= 4 is 35.0 Å². The molecule has 110 valence electrons. The molecule has 5 unspecified atom stereocenters. The van der Waals surface area contributed by atoms with Crippen LogP contribution in [-0.4, -0.2) is 6.04 Å². The molecular formula is C17H23ClIN. The monoisotopic (exact) mass is 403 g/mol. The van der Waals surface area contributed by atoms with Crippen LogP contribution < -0.4 is 5.32 Å². The largest absolute Gasteiger partial charge is 0.310 e. The van der Waals surface area contributed by atoms with Crippen LogP contribution in [0.15, 0.2) is 24.3 Å². The Morgan fingerprint density at radius 1 is 1.10 bits per heavy atom. The fourth-order valence-electron chi connectivity index (χ4n) is 5.20. The van der Waals surface area contributed by atoms with Gasteiger partial charge in [0, 0.05) is 16.2 Å². The van der Waals surface area contributed by atoms with Crippen molar-refractivity contribution in [3.63, 3.8) is 0 Å². The number of halogens is 2. The van der Waals surface area contributed by atoms with E-state index in [0.29, 0.717) is 0 Å². The van der Waals surface area contributed by atoms with Crippen molar-refractivity contribution in [1.29, 1.82) is 0 Å². The molecule has 1 N–H and O–H groups in total. The summed E-state index contributed by atoms with van der Waals surface area (Å²) in [7, 11) is 0. The zero-order valence-electron chi connectivity index (χ0n) is 11.7. The van der Waals surface area contributed by atoms with E-state index in [1.807, 2.05) is 0 Å². The predicted molar refractivity (Wildman–Crippen MR) is 94.1 cm³/mol. The highest BCUT2D eigenvalue weighted by Gasteiger charge is 2.53. The summed E-state index contributed by atoms with van der Waals surface area (Å²) >= 11 is 2.40. The lowest BCUT2D eigenvalue weighted by molar-refractivity contribution is 0.208. The van der Waals surface area contributed by atoms with Crippen LogP contribution in [0.1, 0.15) is 37.7 Å². The van der Waals surface area contributed by atoms with Crippen LogP contribution in [0, 0.1) is 27.2 Å². The molecule has 3 aliphatic rings. The summed E-state index contributed by atoms with van der Waals surface area (Å²) in [6, 6.07) is 9.71. The van der Waals surface area contributed by atoms with Gasteiger partial charge in [0.25, 0.3) is 0 Å². The highest BCUT2D eigenvalue weighted by molar-refractivity contribution is 14.1. The summed E-state index contributed by atoms with van der Waals surface area (Å²) in [5.74, 6) is 4.25. The van der Waals surface area contributed by atoms with Crippen LogP contribution in [-0.2, 0) is 6.54 Å². The number of hydrogen-bond donors (Lipinski definition) is 1. The molecule has 0 spiro atoms. The molecule has 3 saturated carbocycles.